The van der Waals surface area contributed by atoms with Gasteiger partial charge < -0.3 is 10.2 Å². The van der Waals surface area contributed by atoms with Gasteiger partial charge in [-0.25, -0.2) is 4.39 Å². The number of hydrogen-bond acceptors (Lipinski definition) is 3. The number of thiophene rings is 2. The second kappa shape index (κ2) is 7.07. The summed E-state index contributed by atoms with van der Waals surface area (Å²) < 4.78 is 13.3. The molecular formula is C19H18FN2OS2+. The zero-order chi connectivity index (χ0) is 17.2. The predicted molar refractivity (Wildman–Crippen MR) is 99.9 cm³/mol. The molecule has 4 rings (SSSR count). The summed E-state index contributed by atoms with van der Waals surface area (Å²) in [7, 11) is 0. The Morgan fingerprint density at radius 2 is 2.12 bits per heavy atom. The van der Waals surface area contributed by atoms with Gasteiger partial charge in [0, 0.05) is 22.5 Å². The summed E-state index contributed by atoms with van der Waals surface area (Å²) in [6.45, 7) is 1.29. The number of anilines is 1. The summed E-state index contributed by atoms with van der Waals surface area (Å²) in [5.41, 5.74) is 1.84. The minimum absolute atomic E-state index is 0.0826. The lowest BCUT2D eigenvalue weighted by Crippen LogP contribution is -3.14. The van der Waals surface area contributed by atoms with E-state index in [-0.39, 0.29) is 17.8 Å². The molecule has 128 valence electrons. The Balaban J connectivity index is 1.54. The van der Waals surface area contributed by atoms with Crippen molar-refractivity contribution in [1.29, 1.82) is 0 Å². The number of quaternary nitrogens is 1. The lowest BCUT2D eigenvalue weighted by Gasteiger charge is -2.31. The minimum atomic E-state index is -0.345. The second-order valence-corrected chi connectivity index (χ2v) is 8.12. The Labute approximate surface area is 153 Å². The first-order valence-corrected chi connectivity index (χ1v) is 9.96. The number of amides is 1. The molecule has 0 fully saturated rings. The number of hydrogen-bond donors (Lipinski definition) is 2. The Kier molecular flexibility index (Phi) is 4.65. The zero-order valence-electron chi connectivity index (χ0n) is 13.5. The van der Waals surface area contributed by atoms with Gasteiger partial charge in [0.25, 0.3) is 5.91 Å². The molecule has 2 N–H and O–H groups in total. The standard InChI is InChI=1S/C19H17FN2OS2/c20-13-3-1-4-14(11-13)21-18(23)12-22-8-6-16-15(7-10-25-16)19(22)17-5-2-9-24-17/h1-5,7,9-11,19H,6,8,12H2,(H,21,23)/p+1/t19-/m1/s1. The summed E-state index contributed by atoms with van der Waals surface area (Å²) in [6, 6.07) is 12.6. The fraction of sp³-hybridized carbons (Fsp3) is 0.211. The first-order valence-electron chi connectivity index (χ1n) is 8.20. The summed E-state index contributed by atoms with van der Waals surface area (Å²) in [5.74, 6) is -0.427. The van der Waals surface area contributed by atoms with Gasteiger partial charge in [0.2, 0.25) is 0 Å². The Hall–Kier alpha value is -2.02. The van der Waals surface area contributed by atoms with E-state index in [9.17, 15) is 9.18 Å². The molecule has 25 heavy (non-hydrogen) atoms. The van der Waals surface area contributed by atoms with Crippen molar-refractivity contribution >= 4 is 34.3 Å². The number of halogens is 1. The van der Waals surface area contributed by atoms with Gasteiger partial charge >= 0.3 is 0 Å². The summed E-state index contributed by atoms with van der Waals surface area (Å²) in [5, 5.41) is 7.04. The van der Waals surface area contributed by atoms with Crippen molar-refractivity contribution in [2.75, 3.05) is 18.4 Å². The maximum absolute atomic E-state index is 13.3. The van der Waals surface area contributed by atoms with Crippen molar-refractivity contribution in [1.82, 2.24) is 0 Å². The summed E-state index contributed by atoms with van der Waals surface area (Å²) in [4.78, 5) is 16.5. The van der Waals surface area contributed by atoms with Gasteiger partial charge in [-0.1, -0.05) is 12.1 Å². The van der Waals surface area contributed by atoms with E-state index in [2.05, 4.69) is 34.3 Å². The Morgan fingerprint density at radius 3 is 2.92 bits per heavy atom. The topological polar surface area (TPSA) is 33.5 Å². The molecule has 2 atom stereocenters. The number of nitrogens with one attached hydrogen (secondary N) is 2. The molecule has 3 heterocycles. The normalized spacial score (nSPS) is 19.4. The van der Waals surface area contributed by atoms with E-state index in [1.165, 1.54) is 32.4 Å². The highest BCUT2D eigenvalue weighted by Crippen LogP contribution is 2.31. The SMILES string of the molecule is O=C(C[NH+]1CCc2sccc2[C@@H]1c1cccs1)Nc1cccc(F)c1. The van der Waals surface area contributed by atoms with E-state index >= 15 is 0 Å². The maximum Gasteiger partial charge on any atom is 0.279 e. The van der Waals surface area contributed by atoms with Crippen LogP contribution in [0.2, 0.25) is 0 Å². The quantitative estimate of drug-likeness (QED) is 0.724. The van der Waals surface area contributed by atoms with Crippen LogP contribution in [0.3, 0.4) is 0 Å². The third kappa shape index (κ3) is 3.51. The van der Waals surface area contributed by atoms with Gasteiger partial charge in [0.1, 0.15) is 11.9 Å². The maximum atomic E-state index is 13.3. The van der Waals surface area contributed by atoms with Crippen LogP contribution >= 0.6 is 22.7 Å². The van der Waals surface area contributed by atoms with Crippen LogP contribution in [-0.2, 0) is 11.2 Å². The van der Waals surface area contributed by atoms with E-state index in [0.717, 1.165) is 13.0 Å². The van der Waals surface area contributed by atoms with Gasteiger partial charge in [-0.2, -0.15) is 0 Å². The molecular weight excluding hydrogens is 355 g/mol. The van der Waals surface area contributed by atoms with Crippen LogP contribution in [0.1, 0.15) is 21.4 Å². The van der Waals surface area contributed by atoms with Gasteiger partial charge in [0.05, 0.1) is 11.4 Å². The van der Waals surface area contributed by atoms with Crippen molar-refractivity contribution in [3.8, 4) is 0 Å². The summed E-state index contributed by atoms with van der Waals surface area (Å²) in [6.07, 6.45) is 0.997. The van der Waals surface area contributed by atoms with Gasteiger partial charge in [-0.15, -0.1) is 22.7 Å². The van der Waals surface area contributed by atoms with Crippen molar-refractivity contribution in [2.24, 2.45) is 0 Å². The van der Waals surface area contributed by atoms with Crippen LogP contribution in [0, 0.1) is 5.82 Å². The molecule has 3 nitrogen and oxygen atoms in total. The van der Waals surface area contributed by atoms with E-state index in [4.69, 9.17) is 0 Å². The number of carbonyl (C=O) groups excluding carboxylic acids is 1. The van der Waals surface area contributed by atoms with Crippen LogP contribution < -0.4 is 10.2 Å². The molecule has 0 aliphatic carbocycles. The van der Waals surface area contributed by atoms with Crippen LogP contribution in [-0.4, -0.2) is 19.0 Å². The number of carbonyl (C=O) groups is 1. The smallest absolute Gasteiger partial charge is 0.279 e. The van der Waals surface area contributed by atoms with Gasteiger partial charge in [-0.05, 0) is 41.1 Å². The largest absolute Gasteiger partial charge is 0.321 e. The highest BCUT2D eigenvalue weighted by atomic mass is 32.1. The lowest BCUT2D eigenvalue weighted by molar-refractivity contribution is -0.919. The molecule has 0 bridgehead atoms. The fourth-order valence-electron chi connectivity index (χ4n) is 3.43. The number of benzene rings is 1. The zero-order valence-corrected chi connectivity index (χ0v) is 15.1. The monoisotopic (exact) mass is 373 g/mol. The average Bonchev–Trinajstić information content (AvgIpc) is 3.26. The molecule has 1 unspecified atom stereocenters. The first-order chi connectivity index (χ1) is 12.2. The minimum Gasteiger partial charge on any atom is -0.321 e. The van der Waals surface area contributed by atoms with Crippen molar-refractivity contribution in [3.63, 3.8) is 0 Å². The summed E-state index contributed by atoms with van der Waals surface area (Å²) >= 11 is 3.54. The highest BCUT2D eigenvalue weighted by molar-refractivity contribution is 7.10. The molecule has 2 aromatic heterocycles. The molecule has 1 aliphatic rings. The average molecular weight is 373 g/mol. The predicted octanol–water partition coefficient (Wildman–Crippen LogP) is 3.12. The van der Waals surface area contributed by atoms with Crippen LogP contribution in [0.15, 0.2) is 53.2 Å². The van der Waals surface area contributed by atoms with E-state index in [1.807, 2.05) is 0 Å². The fourth-order valence-corrected chi connectivity index (χ4v) is 5.25. The molecule has 1 aromatic carbocycles. The third-order valence-electron chi connectivity index (χ3n) is 4.50. The molecule has 1 aliphatic heterocycles. The lowest BCUT2D eigenvalue weighted by atomic mass is 9.98. The molecule has 3 aromatic rings. The third-order valence-corrected chi connectivity index (χ3v) is 6.43. The molecule has 1 amide bonds. The van der Waals surface area contributed by atoms with E-state index in [1.54, 1.807) is 34.8 Å². The molecule has 0 saturated heterocycles. The van der Waals surface area contributed by atoms with E-state index in [0.29, 0.717) is 12.2 Å². The van der Waals surface area contributed by atoms with Crippen molar-refractivity contribution in [3.05, 3.63) is 74.4 Å². The Morgan fingerprint density at radius 1 is 1.20 bits per heavy atom. The van der Waals surface area contributed by atoms with E-state index < -0.39 is 0 Å². The highest BCUT2D eigenvalue weighted by Gasteiger charge is 2.35. The van der Waals surface area contributed by atoms with Crippen LogP contribution in [0.5, 0.6) is 0 Å². The van der Waals surface area contributed by atoms with Crippen LogP contribution in [0.25, 0.3) is 0 Å². The number of rotatable bonds is 4. The molecule has 0 saturated carbocycles. The molecule has 0 radical (unpaired) electrons. The van der Waals surface area contributed by atoms with Crippen molar-refractivity contribution < 1.29 is 14.1 Å². The van der Waals surface area contributed by atoms with Crippen LogP contribution in [0.4, 0.5) is 10.1 Å². The Bertz CT molecular complexity index is 875. The van der Waals surface area contributed by atoms with Gasteiger partial charge in [0.15, 0.2) is 6.54 Å². The first kappa shape index (κ1) is 16.4. The number of fused-ring (bicyclic) bond motifs is 1. The van der Waals surface area contributed by atoms with Crippen molar-refractivity contribution in [2.45, 2.75) is 12.5 Å². The second-order valence-electron chi connectivity index (χ2n) is 6.14. The molecule has 0 spiro atoms. The van der Waals surface area contributed by atoms with Gasteiger partial charge in [-0.3, -0.25) is 4.79 Å². The molecule has 6 heteroatoms.